The Hall–Kier alpha value is -3.45. The van der Waals surface area contributed by atoms with Crippen LogP contribution in [0.4, 0.5) is 5.69 Å². The van der Waals surface area contributed by atoms with Gasteiger partial charge in [0.15, 0.2) is 0 Å². The molecule has 6 nitrogen and oxygen atoms in total. The molecule has 0 heterocycles. The molecule has 0 aliphatic heterocycles. The molecule has 7 heteroatoms. The molecule has 3 N–H and O–H groups in total. The minimum absolute atomic E-state index is 0.0299. The lowest BCUT2D eigenvalue weighted by Crippen LogP contribution is -2.25. The van der Waals surface area contributed by atoms with Crippen LogP contribution in [0.25, 0.3) is 0 Å². The summed E-state index contributed by atoms with van der Waals surface area (Å²) >= 11 is 3.32. The Morgan fingerprint density at radius 2 is 1.66 bits per heavy atom. The largest absolute Gasteiger partial charge is 0.423 e. The van der Waals surface area contributed by atoms with Crippen LogP contribution in [0.2, 0.25) is 0 Å². The smallest absolute Gasteiger partial charge is 0.343 e. The van der Waals surface area contributed by atoms with Crippen molar-refractivity contribution in [3.8, 4) is 5.75 Å². The van der Waals surface area contributed by atoms with E-state index in [4.69, 9.17) is 10.6 Å². The number of para-hydroxylation sites is 1. The van der Waals surface area contributed by atoms with Gasteiger partial charge in [-0.1, -0.05) is 52.3 Å². The summed E-state index contributed by atoms with van der Waals surface area (Å²) < 4.78 is 6.19. The summed E-state index contributed by atoms with van der Waals surface area (Å²) in [6.07, 6.45) is 0. The van der Waals surface area contributed by atoms with Crippen molar-refractivity contribution < 1.29 is 14.3 Å². The van der Waals surface area contributed by atoms with Gasteiger partial charge < -0.3 is 15.9 Å². The van der Waals surface area contributed by atoms with Crippen LogP contribution in [-0.2, 0) is 4.79 Å². The molecule has 0 bridgehead atoms. The number of nitrogens with zero attached hydrogens (tertiary/aromatic N) is 1. The van der Waals surface area contributed by atoms with Crippen LogP contribution in [0.15, 0.2) is 88.4 Å². The van der Waals surface area contributed by atoms with E-state index in [1.165, 1.54) is 0 Å². The van der Waals surface area contributed by atoms with Gasteiger partial charge in [0, 0.05) is 15.7 Å². The van der Waals surface area contributed by atoms with E-state index in [1.807, 2.05) is 36.4 Å². The Bertz CT molecular complexity index is 1050. The van der Waals surface area contributed by atoms with Gasteiger partial charge in [-0.3, -0.25) is 4.79 Å². The fraction of sp³-hybridized carbons (Fsp3) is 0.0455. The maximum absolute atomic E-state index is 12.6. The Morgan fingerprint density at radius 1 is 0.931 bits per heavy atom. The van der Waals surface area contributed by atoms with Crippen LogP contribution in [0.3, 0.4) is 0 Å². The molecule has 3 aromatic carbocycles. The summed E-state index contributed by atoms with van der Waals surface area (Å²) in [6, 6.07) is 22.8. The molecule has 0 aromatic heterocycles. The Balaban J connectivity index is 1.71. The van der Waals surface area contributed by atoms with Crippen LogP contribution in [0.5, 0.6) is 5.75 Å². The van der Waals surface area contributed by atoms with Crippen LogP contribution >= 0.6 is 15.9 Å². The van der Waals surface area contributed by atoms with E-state index in [-0.39, 0.29) is 23.8 Å². The molecule has 0 saturated heterocycles. The quantitative estimate of drug-likeness (QED) is 0.186. The molecule has 3 aromatic rings. The van der Waals surface area contributed by atoms with E-state index < -0.39 is 5.97 Å². The first-order chi connectivity index (χ1) is 14.1. The highest BCUT2D eigenvalue weighted by Crippen LogP contribution is 2.18. The average molecular weight is 452 g/mol. The number of halogens is 1. The number of Topliss-reactive ketones (excluding diaryl/α,β-unsaturated/α-hetero) is 1. The molecular weight excluding hydrogens is 434 g/mol. The molecule has 0 fully saturated rings. The molecule has 3 rings (SSSR count). The highest BCUT2D eigenvalue weighted by molar-refractivity contribution is 9.10. The number of carbonyl (C=O) groups excluding carboxylic acids is 2. The van der Waals surface area contributed by atoms with E-state index in [1.54, 1.807) is 42.5 Å². The number of benzene rings is 3. The number of ether oxygens (including phenoxy) is 1. The minimum Gasteiger partial charge on any atom is -0.423 e. The van der Waals surface area contributed by atoms with Gasteiger partial charge in [0.2, 0.25) is 5.78 Å². The van der Waals surface area contributed by atoms with Gasteiger partial charge in [0.25, 0.3) is 0 Å². The molecule has 146 valence electrons. The zero-order valence-electron chi connectivity index (χ0n) is 15.3. The Labute approximate surface area is 176 Å². The number of hydrogen-bond acceptors (Lipinski definition) is 6. The first-order valence-electron chi connectivity index (χ1n) is 8.75. The van der Waals surface area contributed by atoms with Gasteiger partial charge in [-0.25, -0.2) is 4.79 Å². The number of anilines is 1. The van der Waals surface area contributed by atoms with E-state index in [9.17, 15) is 9.59 Å². The standard InChI is InChI=1S/C22H18BrN3O3/c23-17-8-4-7-16(12-17)22(28)29-19-11-5-6-15(13-19)21(26-24)20(27)14-25-18-9-2-1-3-10-18/h1-13,25H,14,24H2/b26-21+. The second-order valence-corrected chi connectivity index (χ2v) is 6.96. The molecule has 0 spiro atoms. The fourth-order valence-electron chi connectivity index (χ4n) is 2.62. The summed E-state index contributed by atoms with van der Waals surface area (Å²) in [4.78, 5) is 24.9. The van der Waals surface area contributed by atoms with Crippen LogP contribution < -0.4 is 15.9 Å². The zero-order valence-corrected chi connectivity index (χ0v) is 16.9. The lowest BCUT2D eigenvalue weighted by atomic mass is 10.1. The highest BCUT2D eigenvalue weighted by atomic mass is 79.9. The SMILES string of the molecule is N/N=C(/C(=O)CNc1ccccc1)c1cccc(OC(=O)c2cccc(Br)c2)c1. The number of hydrazone groups is 1. The zero-order chi connectivity index (χ0) is 20.6. The predicted molar refractivity (Wildman–Crippen MR) is 116 cm³/mol. The van der Waals surface area contributed by atoms with Crippen LogP contribution in [0, 0.1) is 0 Å². The highest BCUT2D eigenvalue weighted by Gasteiger charge is 2.16. The molecule has 0 aliphatic rings. The lowest BCUT2D eigenvalue weighted by Gasteiger charge is -2.09. The minimum atomic E-state index is -0.508. The number of hydrogen-bond donors (Lipinski definition) is 2. The average Bonchev–Trinajstić information content (AvgIpc) is 2.74. The number of esters is 1. The van der Waals surface area contributed by atoms with Crippen molar-refractivity contribution in [1.82, 2.24) is 0 Å². The topological polar surface area (TPSA) is 93.8 Å². The number of nitrogens with one attached hydrogen (secondary N) is 1. The number of carbonyl (C=O) groups is 2. The van der Waals surface area contributed by atoms with Gasteiger partial charge in [0.1, 0.15) is 11.5 Å². The second kappa shape index (κ2) is 9.66. The summed E-state index contributed by atoms with van der Waals surface area (Å²) in [5.41, 5.74) is 1.77. The number of rotatable bonds is 7. The van der Waals surface area contributed by atoms with E-state index >= 15 is 0 Å². The summed E-state index contributed by atoms with van der Waals surface area (Å²) in [6.45, 7) is 0.0299. The normalized spacial score (nSPS) is 11.0. The maximum Gasteiger partial charge on any atom is 0.343 e. The third-order valence-corrected chi connectivity index (χ3v) is 4.49. The molecule has 0 amide bonds. The van der Waals surface area contributed by atoms with Crippen molar-refractivity contribution in [1.29, 1.82) is 0 Å². The van der Waals surface area contributed by atoms with E-state index in [0.29, 0.717) is 11.1 Å². The number of ketones is 1. The van der Waals surface area contributed by atoms with E-state index in [0.717, 1.165) is 10.2 Å². The van der Waals surface area contributed by atoms with Crippen molar-refractivity contribution in [2.75, 3.05) is 11.9 Å². The molecule has 29 heavy (non-hydrogen) atoms. The van der Waals surface area contributed by atoms with Gasteiger partial charge in [-0.15, -0.1) is 0 Å². The Kier molecular flexibility index (Phi) is 6.76. The molecule has 0 unspecified atom stereocenters. The monoisotopic (exact) mass is 451 g/mol. The third kappa shape index (κ3) is 5.52. The summed E-state index contributed by atoms with van der Waals surface area (Å²) in [5.74, 6) is 4.96. The van der Waals surface area contributed by atoms with E-state index in [2.05, 4.69) is 26.3 Å². The molecule has 0 saturated carbocycles. The lowest BCUT2D eigenvalue weighted by molar-refractivity contribution is -0.111. The van der Waals surface area contributed by atoms with Crippen molar-refractivity contribution in [3.63, 3.8) is 0 Å². The van der Waals surface area contributed by atoms with Crippen LogP contribution in [-0.4, -0.2) is 24.0 Å². The third-order valence-electron chi connectivity index (χ3n) is 4.00. The first kappa shape index (κ1) is 20.3. The van der Waals surface area contributed by atoms with Gasteiger partial charge >= 0.3 is 5.97 Å². The number of nitrogens with two attached hydrogens (primary N) is 1. The molecule has 0 aliphatic carbocycles. The van der Waals surface area contributed by atoms with Crippen molar-refractivity contribution in [2.24, 2.45) is 10.9 Å². The Morgan fingerprint density at radius 3 is 2.38 bits per heavy atom. The van der Waals surface area contributed by atoms with Gasteiger partial charge in [-0.05, 0) is 42.5 Å². The summed E-state index contributed by atoms with van der Waals surface area (Å²) in [5, 5.41) is 6.67. The molecule has 0 atom stereocenters. The predicted octanol–water partition coefficient (Wildman–Crippen LogP) is 4.01. The van der Waals surface area contributed by atoms with Gasteiger partial charge in [0.05, 0.1) is 12.1 Å². The van der Waals surface area contributed by atoms with Crippen molar-refractivity contribution in [3.05, 3.63) is 94.5 Å². The van der Waals surface area contributed by atoms with Crippen LogP contribution in [0.1, 0.15) is 15.9 Å². The molecular formula is C22H18BrN3O3. The fourth-order valence-corrected chi connectivity index (χ4v) is 3.02. The van der Waals surface area contributed by atoms with Crippen molar-refractivity contribution in [2.45, 2.75) is 0 Å². The summed E-state index contributed by atoms with van der Waals surface area (Å²) in [7, 11) is 0. The second-order valence-electron chi connectivity index (χ2n) is 6.05. The van der Waals surface area contributed by atoms with Gasteiger partial charge in [-0.2, -0.15) is 5.10 Å². The van der Waals surface area contributed by atoms with Crippen molar-refractivity contribution >= 4 is 39.1 Å². The molecule has 0 radical (unpaired) electrons. The maximum atomic E-state index is 12.6. The first-order valence-corrected chi connectivity index (χ1v) is 9.54.